The average molecular weight is 207 g/mol. The van der Waals surface area contributed by atoms with Gasteiger partial charge >= 0.3 is 0 Å². The van der Waals surface area contributed by atoms with Gasteiger partial charge in [0.1, 0.15) is 0 Å². The van der Waals surface area contributed by atoms with Crippen LogP contribution in [0, 0.1) is 0 Å². The Morgan fingerprint density at radius 2 is 2.07 bits per heavy atom. The van der Waals surface area contributed by atoms with Crippen LogP contribution in [0.25, 0.3) is 0 Å². The summed E-state index contributed by atoms with van der Waals surface area (Å²) < 4.78 is 0. The third-order valence-corrected chi connectivity index (χ3v) is 2.75. The molecule has 1 radical (unpaired) electrons. The molecule has 1 aliphatic heterocycles. The van der Waals surface area contributed by atoms with Crippen molar-refractivity contribution in [3.05, 3.63) is 24.3 Å². The van der Waals surface area contributed by atoms with E-state index in [4.69, 9.17) is 0 Å². The standard InChI is InChI=1S/C11H15N2O2/c14-11-2-1-7-13(8-11)10-5-3-9(12-15)4-6-10/h3-6,11-12,14H,1-2,7-8H2/t11-/m1/s1. The largest absolute Gasteiger partial charge is 0.391 e. The minimum absolute atomic E-state index is 0.226. The van der Waals surface area contributed by atoms with Crippen molar-refractivity contribution < 1.29 is 10.3 Å². The van der Waals surface area contributed by atoms with Crippen LogP contribution in [0.2, 0.25) is 0 Å². The molecule has 0 aromatic heterocycles. The van der Waals surface area contributed by atoms with Crippen LogP contribution in [0.15, 0.2) is 24.3 Å². The van der Waals surface area contributed by atoms with Crippen LogP contribution in [0.3, 0.4) is 0 Å². The number of aliphatic hydroxyl groups is 1. The van der Waals surface area contributed by atoms with E-state index in [2.05, 4.69) is 4.90 Å². The van der Waals surface area contributed by atoms with Crippen molar-refractivity contribution >= 4 is 11.4 Å². The predicted octanol–water partition coefficient (Wildman–Crippen LogP) is 1.41. The van der Waals surface area contributed by atoms with Gasteiger partial charge in [-0.15, -0.1) is 0 Å². The van der Waals surface area contributed by atoms with Gasteiger partial charge < -0.3 is 10.0 Å². The van der Waals surface area contributed by atoms with Gasteiger partial charge in [0.05, 0.1) is 11.8 Å². The number of hydrogen-bond donors (Lipinski definition) is 2. The van der Waals surface area contributed by atoms with Gasteiger partial charge in [-0.1, -0.05) is 5.21 Å². The number of benzene rings is 1. The first kappa shape index (κ1) is 10.3. The lowest BCUT2D eigenvalue weighted by Crippen LogP contribution is -2.38. The van der Waals surface area contributed by atoms with Crippen LogP contribution in [0.5, 0.6) is 0 Å². The Labute approximate surface area is 89.1 Å². The second-order valence-corrected chi connectivity index (χ2v) is 3.89. The van der Waals surface area contributed by atoms with Crippen molar-refractivity contribution in [3.8, 4) is 0 Å². The van der Waals surface area contributed by atoms with Crippen molar-refractivity contribution in [2.45, 2.75) is 18.9 Å². The molecule has 0 aliphatic carbocycles. The number of β-amino-alcohol motifs (C(OH)–C–C–N with tert-alkyl or cyclic N) is 1. The van der Waals surface area contributed by atoms with Gasteiger partial charge in [0.15, 0.2) is 0 Å². The number of piperidine rings is 1. The van der Waals surface area contributed by atoms with E-state index in [9.17, 15) is 10.3 Å². The zero-order chi connectivity index (χ0) is 10.7. The molecule has 0 saturated carbocycles. The minimum Gasteiger partial charge on any atom is -0.391 e. The molecule has 0 amide bonds. The Morgan fingerprint density at radius 3 is 2.67 bits per heavy atom. The second kappa shape index (κ2) is 4.51. The molecule has 1 heterocycles. The van der Waals surface area contributed by atoms with E-state index < -0.39 is 0 Å². The van der Waals surface area contributed by atoms with Crippen LogP contribution < -0.4 is 10.4 Å². The van der Waals surface area contributed by atoms with E-state index in [1.165, 1.54) is 0 Å². The fraction of sp³-hybridized carbons (Fsp3) is 0.455. The van der Waals surface area contributed by atoms with Gasteiger partial charge in [-0.2, -0.15) is 0 Å². The third-order valence-electron chi connectivity index (χ3n) is 2.75. The SMILES string of the molecule is [O]Nc1ccc(N2CCC[C@@H](O)C2)cc1. The highest BCUT2D eigenvalue weighted by Crippen LogP contribution is 2.21. The summed E-state index contributed by atoms with van der Waals surface area (Å²) in [6.07, 6.45) is 1.68. The summed E-state index contributed by atoms with van der Waals surface area (Å²) in [6.45, 7) is 1.66. The number of nitrogens with one attached hydrogen (secondary N) is 1. The van der Waals surface area contributed by atoms with Crippen LogP contribution in [-0.4, -0.2) is 24.3 Å². The molecule has 1 atom stereocenters. The van der Waals surface area contributed by atoms with Crippen molar-refractivity contribution in [2.24, 2.45) is 0 Å². The molecule has 0 unspecified atom stereocenters. The average Bonchev–Trinajstić information content (AvgIpc) is 2.29. The summed E-state index contributed by atoms with van der Waals surface area (Å²) in [5.74, 6) is 0. The lowest BCUT2D eigenvalue weighted by molar-refractivity contribution is 0.154. The van der Waals surface area contributed by atoms with Crippen LogP contribution >= 0.6 is 0 Å². The predicted molar refractivity (Wildman–Crippen MR) is 58.2 cm³/mol. The number of anilines is 2. The zero-order valence-corrected chi connectivity index (χ0v) is 8.52. The van der Waals surface area contributed by atoms with Crippen molar-refractivity contribution in [3.63, 3.8) is 0 Å². The summed E-state index contributed by atoms with van der Waals surface area (Å²) >= 11 is 0. The van der Waals surface area contributed by atoms with E-state index in [1.807, 2.05) is 17.6 Å². The molecule has 81 valence electrons. The molecule has 2 N–H and O–H groups in total. The molecule has 1 aromatic carbocycles. The fourth-order valence-electron chi connectivity index (χ4n) is 1.93. The molecule has 1 aromatic rings. The summed E-state index contributed by atoms with van der Waals surface area (Å²) in [6, 6.07) is 7.31. The van der Waals surface area contributed by atoms with E-state index in [-0.39, 0.29) is 6.10 Å². The van der Waals surface area contributed by atoms with Gasteiger partial charge in [0.25, 0.3) is 0 Å². The highest BCUT2D eigenvalue weighted by Gasteiger charge is 2.17. The number of hydrogen-bond acceptors (Lipinski definition) is 3. The highest BCUT2D eigenvalue weighted by atomic mass is 16.5. The molecule has 1 fully saturated rings. The zero-order valence-electron chi connectivity index (χ0n) is 8.52. The number of nitrogens with zero attached hydrogens (tertiary/aromatic N) is 1. The lowest BCUT2D eigenvalue weighted by atomic mass is 10.1. The first-order valence-electron chi connectivity index (χ1n) is 5.21. The van der Waals surface area contributed by atoms with Crippen LogP contribution in [0.4, 0.5) is 11.4 Å². The van der Waals surface area contributed by atoms with E-state index in [1.54, 1.807) is 12.1 Å². The number of rotatable bonds is 2. The minimum atomic E-state index is -0.226. The summed E-state index contributed by atoms with van der Waals surface area (Å²) in [4.78, 5) is 2.14. The van der Waals surface area contributed by atoms with Gasteiger partial charge in [-0.05, 0) is 37.1 Å². The van der Waals surface area contributed by atoms with Gasteiger partial charge in [0, 0.05) is 18.8 Å². The van der Waals surface area contributed by atoms with E-state index in [0.29, 0.717) is 12.2 Å². The molecule has 15 heavy (non-hydrogen) atoms. The Hall–Kier alpha value is -1.26. The van der Waals surface area contributed by atoms with E-state index >= 15 is 0 Å². The third kappa shape index (κ3) is 2.40. The maximum atomic E-state index is 10.4. The van der Waals surface area contributed by atoms with Crippen molar-refractivity contribution in [2.75, 3.05) is 23.5 Å². The smallest absolute Gasteiger partial charge is 0.0715 e. The first-order valence-corrected chi connectivity index (χ1v) is 5.21. The Balaban J connectivity index is 2.07. The summed E-state index contributed by atoms with van der Waals surface area (Å²) in [5.41, 5.74) is 3.48. The van der Waals surface area contributed by atoms with Gasteiger partial charge in [-0.3, -0.25) is 0 Å². The molecular weight excluding hydrogens is 192 g/mol. The topological polar surface area (TPSA) is 55.4 Å². The van der Waals surface area contributed by atoms with Crippen molar-refractivity contribution in [1.82, 2.24) is 0 Å². The van der Waals surface area contributed by atoms with E-state index in [0.717, 1.165) is 25.1 Å². The quantitative estimate of drug-likeness (QED) is 0.721. The monoisotopic (exact) mass is 207 g/mol. The number of aliphatic hydroxyl groups excluding tert-OH is 1. The molecule has 1 saturated heterocycles. The highest BCUT2D eigenvalue weighted by molar-refractivity contribution is 5.54. The Bertz CT molecular complexity index is 313. The van der Waals surface area contributed by atoms with Crippen molar-refractivity contribution in [1.29, 1.82) is 0 Å². The normalized spacial score (nSPS) is 21.5. The summed E-state index contributed by atoms with van der Waals surface area (Å²) in [7, 11) is 0. The molecule has 1 aliphatic rings. The molecule has 0 spiro atoms. The Morgan fingerprint density at radius 1 is 1.33 bits per heavy atom. The molecular formula is C11H15N2O2. The summed E-state index contributed by atoms with van der Waals surface area (Å²) in [5, 5.41) is 19.9. The Kier molecular flexibility index (Phi) is 3.08. The molecule has 0 bridgehead atoms. The molecule has 2 rings (SSSR count). The second-order valence-electron chi connectivity index (χ2n) is 3.89. The lowest BCUT2D eigenvalue weighted by Gasteiger charge is -2.32. The van der Waals surface area contributed by atoms with Crippen LogP contribution in [0.1, 0.15) is 12.8 Å². The first-order chi connectivity index (χ1) is 7.29. The molecule has 4 nitrogen and oxygen atoms in total. The van der Waals surface area contributed by atoms with Gasteiger partial charge in [-0.25, -0.2) is 5.48 Å². The van der Waals surface area contributed by atoms with Crippen LogP contribution in [-0.2, 0) is 5.21 Å². The maximum absolute atomic E-state index is 10.4. The maximum Gasteiger partial charge on any atom is 0.0715 e. The fourth-order valence-corrected chi connectivity index (χ4v) is 1.93. The molecule has 4 heteroatoms. The van der Waals surface area contributed by atoms with Gasteiger partial charge in [0.2, 0.25) is 0 Å².